The summed E-state index contributed by atoms with van der Waals surface area (Å²) in [5, 5.41) is 6.85. The Kier molecular flexibility index (Phi) is 2.99. The van der Waals surface area contributed by atoms with Crippen LogP contribution in [0.1, 0.15) is 22.9 Å². The number of pyridine rings is 1. The summed E-state index contributed by atoms with van der Waals surface area (Å²) in [5.41, 5.74) is 5.00. The monoisotopic (exact) mass is 239 g/mol. The fourth-order valence-electron chi connectivity index (χ4n) is 2.56. The van der Waals surface area contributed by atoms with Crippen LogP contribution in [0.5, 0.6) is 0 Å². The van der Waals surface area contributed by atoms with Crippen molar-refractivity contribution in [2.24, 2.45) is 0 Å². The van der Waals surface area contributed by atoms with E-state index in [1.807, 2.05) is 19.3 Å². The van der Waals surface area contributed by atoms with Crippen LogP contribution in [0.25, 0.3) is 0 Å². The topological polar surface area (TPSA) is 37.0 Å². The van der Waals surface area contributed by atoms with Crippen LogP contribution in [0.2, 0.25) is 0 Å². The Labute approximate surface area is 107 Å². The lowest BCUT2D eigenvalue weighted by Crippen LogP contribution is -2.23. The van der Waals surface area contributed by atoms with Crippen molar-refractivity contribution in [3.05, 3.63) is 59.4 Å². The second-order valence-electron chi connectivity index (χ2n) is 4.63. The number of benzene rings is 1. The van der Waals surface area contributed by atoms with E-state index in [9.17, 15) is 0 Å². The van der Waals surface area contributed by atoms with Gasteiger partial charge in [0.15, 0.2) is 0 Å². The van der Waals surface area contributed by atoms with Crippen LogP contribution < -0.4 is 10.6 Å². The summed E-state index contributed by atoms with van der Waals surface area (Å²) in [4.78, 5) is 4.49. The number of likely N-dealkylation sites (N-methyl/N-ethyl adjacent to an activating group) is 1. The van der Waals surface area contributed by atoms with Gasteiger partial charge in [0, 0.05) is 19.2 Å². The van der Waals surface area contributed by atoms with Crippen LogP contribution in [-0.4, -0.2) is 18.6 Å². The molecule has 1 aliphatic rings. The highest BCUT2D eigenvalue weighted by Crippen LogP contribution is 2.30. The Bertz CT molecular complexity index is 551. The number of nitrogens with zero attached hydrogens (tertiary/aromatic N) is 1. The van der Waals surface area contributed by atoms with E-state index in [4.69, 9.17) is 0 Å². The third kappa shape index (κ3) is 1.97. The Morgan fingerprint density at radius 3 is 3.06 bits per heavy atom. The fourth-order valence-corrected chi connectivity index (χ4v) is 2.56. The van der Waals surface area contributed by atoms with Crippen molar-refractivity contribution in [1.82, 2.24) is 10.3 Å². The predicted molar refractivity (Wildman–Crippen MR) is 73.8 cm³/mol. The zero-order valence-electron chi connectivity index (χ0n) is 10.5. The van der Waals surface area contributed by atoms with Crippen LogP contribution in [0, 0.1) is 0 Å². The predicted octanol–water partition coefficient (Wildman–Crippen LogP) is 2.36. The minimum absolute atomic E-state index is 0.302. The largest absolute Gasteiger partial charge is 0.375 e. The van der Waals surface area contributed by atoms with E-state index in [0.717, 1.165) is 24.3 Å². The summed E-state index contributed by atoms with van der Waals surface area (Å²) in [6, 6.07) is 13.0. The third-order valence-corrected chi connectivity index (χ3v) is 3.42. The lowest BCUT2D eigenvalue weighted by molar-refractivity contribution is 0.688. The summed E-state index contributed by atoms with van der Waals surface area (Å²) < 4.78 is 0. The molecular weight excluding hydrogens is 222 g/mol. The van der Waals surface area contributed by atoms with Gasteiger partial charge in [-0.1, -0.05) is 24.3 Å². The molecule has 0 saturated carbocycles. The van der Waals surface area contributed by atoms with Gasteiger partial charge in [0.2, 0.25) is 0 Å². The molecule has 0 saturated heterocycles. The van der Waals surface area contributed by atoms with Gasteiger partial charge in [0.1, 0.15) is 0 Å². The fraction of sp³-hybridized carbons (Fsp3) is 0.267. The molecule has 0 bridgehead atoms. The van der Waals surface area contributed by atoms with Crippen LogP contribution in [0.15, 0.2) is 42.6 Å². The normalized spacial score (nSPS) is 17.3. The molecule has 1 atom stereocenters. The number of rotatable bonds is 2. The zero-order chi connectivity index (χ0) is 12.4. The second kappa shape index (κ2) is 4.78. The van der Waals surface area contributed by atoms with Crippen molar-refractivity contribution in [3.63, 3.8) is 0 Å². The number of hydrogen-bond donors (Lipinski definition) is 2. The number of nitrogens with one attached hydrogen (secondary N) is 2. The lowest BCUT2D eigenvalue weighted by atomic mass is 9.99. The number of anilines is 1. The van der Waals surface area contributed by atoms with E-state index in [1.54, 1.807) is 0 Å². The summed E-state index contributed by atoms with van der Waals surface area (Å²) in [6.07, 6.45) is 2.76. The highest BCUT2D eigenvalue weighted by molar-refractivity contribution is 5.55. The first-order valence-corrected chi connectivity index (χ1v) is 6.31. The number of hydrogen-bond acceptors (Lipinski definition) is 3. The van der Waals surface area contributed by atoms with Crippen molar-refractivity contribution in [3.8, 4) is 0 Å². The molecule has 3 nitrogen and oxygen atoms in total. The van der Waals surface area contributed by atoms with Gasteiger partial charge in [-0.3, -0.25) is 4.98 Å². The smallest absolute Gasteiger partial charge is 0.0678 e. The van der Waals surface area contributed by atoms with E-state index in [2.05, 4.69) is 45.9 Å². The minimum Gasteiger partial charge on any atom is -0.375 e. The third-order valence-electron chi connectivity index (χ3n) is 3.42. The molecule has 0 amide bonds. The molecule has 2 heterocycles. The van der Waals surface area contributed by atoms with E-state index >= 15 is 0 Å². The van der Waals surface area contributed by atoms with Crippen LogP contribution in [0.4, 0.5) is 5.69 Å². The Balaban J connectivity index is 2.08. The van der Waals surface area contributed by atoms with Gasteiger partial charge in [-0.2, -0.15) is 0 Å². The molecule has 0 radical (unpaired) electrons. The molecule has 18 heavy (non-hydrogen) atoms. The van der Waals surface area contributed by atoms with Gasteiger partial charge in [0.25, 0.3) is 0 Å². The molecule has 1 aliphatic heterocycles. The van der Waals surface area contributed by atoms with Crippen molar-refractivity contribution in [2.75, 3.05) is 18.9 Å². The van der Waals surface area contributed by atoms with Crippen LogP contribution in [-0.2, 0) is 6.42 Å². The molecule has 2 aromatic rings. The average Bonchev–Trinajstić information content (AvgIpc) is 2.56. The molecule has 3 rings (SSSR count). The highest BCUT2D eigenvalue weighted by atomic mass is 15.0. The van der Waals surface area contributed by atoms with Crippen molar-refractivity contribution >= 4 is 5.69 Å². The van der Waals surface area contributed by atoms with Crippen molar-refractivity contribution < 1.29 is 0 Å². The van der Waals surface area contributed by atoms with Crippen LogP contribution in [0.3, 0.4) is 0 Å². The summed E-state index contributed by atoms with van der Waals surface area (Å²) >= 11 is 0. The van der Waals surface area contributed by atoms with Gasteiger partial charge in [-0.25, -0.2) is 0 Å². The first-order valence-electron chi connectivity index (χ1n) is 6.31. The second-order valence-corrected chi connectivity index (χ2v) is 4.63. The Morgan fingerprint density at radius 2 is 2.17 bits per heavy atom. The van der Waals surface area contributed by atoms with Crippen LogP contribution >= 0.6 is 0 Å². The Hall–Kier alpha value is -1.87. The van der Waals surface area contributed by atoms with Gasteiger partial charge in [-0.05, 0) is 30.3 Å². The minimum atomic E-state index is 0.302. The van der Waals surface area contributed by atoms with Gasteiger partial charge in [-0.15, -0.1) is 0 Å². The first kappa shape index (κ1) is 11.2. The Morgan fingerprint density at radius 1 is 1.28 bits per heavy atom. The molecule has 92 valence electrons. The molecule has 0 spiro atoms. The van der Waals surface area contributed by atoms with Gasteiger partial charge >= 0.3 is 0 Å². The maximum absolute atomic E-state index is 4.49. The molecule has 2 N–H and O–H groups in total. The van der Waals surface area contributed by atoms with E-state index < -0.39 is 0 Å². The van der Waals surface area contributed by atoms with Crippen molar-refractivity contribution in [2.45, 2.75) is 12.5 Å². The molecule has 0 fully saturated rings. The summed E-state index contributed by atoms with van der Waals surface area (Å²) in [6.45, 7) is 0.908. The molecule has 1 unspecified atom stereocenters. The summed E-state index contributed by atoms with van der Waals surface area (Å²) in [7, 11) is 1.99. The molecular formula is C15H17N3. The van der Waals surface area contributed by atoms with Gasteiger partial charge in [0.05, 0.1) is 17.4 Å². The quantitative estimate of drug-likeness (QED) is 0.844. The van der Waals surface area contributed by atoms with Gasteiger partial charge < -0.3 is 10.6 Å². The summed E-state index contributed by atoms with van der Waals surface area (Å²) in [5.74, 6) is 0. The number of fused-ring (bicyclic) bond motifs is 2. The molecule has 0 aliphatic carbocycles. The van der Waals surface area contributed by atoms with Crippen molar-refractivity contribution in [1.29, 1.82) is 0 Å². The molecule has 1 aromatic carbocycles. The average molecular weight is 239 g/mol. The lowest BCUT2D eigenvalue weighted by Gasteiger charge is -2.19. The maximum Gasteiger partial charge on any atom is 0.0678 e. The van der Waals surface area contributed by atoms with E-state index in [0.29, 0.717) is 6.04 Å². The SMILES string of the molecule is CNCC1Nc2cccnc2Cc2ccccc21. The first-order chi connectivity index (χ1) is 8.88. The number of aromatic nitrogens is 1. The van der Waals surface area contributed by atoms with E-state index in [-0.39, 0.29) is 0 Å². The molecule has 3 heteroatoms. The molecule has 1 aromatic heterocycles. The maximum atomic E-state index is 4.49. The van der Waals surface area contributed by atoms with E-state index in [1.165, 1.54) is 11.1 Å². The standard InChI is InChI=1S/C15H17N3/c1-16-10-15-12-6-3-2-5-11(12)9-14-13(18-15)7-4-8-17-14/h2-8,15-16,18H,9-10H2,1H3. The zero-order valence-corrected chi connectivity index (χ0v) is 10.5. The highest BCUT2D eigenvalue weighted by Gasteiger charge is 2.20.